The minimum Gasteiger partial charge on any atom is -0.478 e. The lowest BCUT2D eigenvalue weighted by Crippen LogP contribution is -2.52. The third kappa shape index (κ3) is 3.25. The fraction of sp³-hybridized carbons (Fsp3) is 0.538. The molecular formula is C13H18N4O3S2. The van der Waals surface area contributed by atoms with Crippen molar-refractivity contribution in [1.82, 2.24) is 10.2 Å². The summed E-state index contributed by atoms with van der Waals surface area (Å²) >= 11 is 6.98. The summed E-state index contributed by atoms with van der Waals surface area (Å²) in [5.41, 5.74) is 1.07. The number of ether oxygens (including phenoxy) is 2. The SMILES string of the molecule is COc1nncc2c1N(C(=O)OC(C)C)C(CSC)C(=S)N2. The Morgan fingerprint density at radius 2 is 2.32 bits per heavy atom. The number of carbonyl (C=O) groups excluding carboxylic acids is 1. The van der Waals surface area contributed by atoms with Crippen molar-refractivity contribution in [2.24, 2.45) is 0 Å². The third-order valence-corrected chi connectivity index (χ3v) is 3.98. The second-order valence-corrected chi connectivity index (χ2v) is 6.23. The molecule has 2 heterocycles. The molecule has 22 heavy (non-hydrogen) atoms. The summed E-state index contributed by atoms with van der Waals surface area (Å²) in [5, 5.41) is 10.9. The average molecular weight is 342 g/mol. The maximum absolute atomic E-state index is 12.6. The highest BCUT2D eigenvalue weighted by Crippen LogP contribution is 2.39. The van der Waals surface area contributed by atoms with Crippen LogP contribution in [0, 0.1) is 0 Å². The Morgan fingerprint density at radius 3 is 2.91 bits per heavy atom. The predicted octanol–water partition coefficient (Wildman–Crippen LogP) is 2.32. The minimum atomic E-state index is -0.481. The molecule has 1 unspecified atom stereocenters. The van der Waals surface area contributed by atoms with Gasteiger partial charge in [0, 0.05) is 5.75 Å². The molecule has 0 bridgehead atoms. The zero-order valence-corrected chi connectivity index (χ0v) is 14.5. The Morgan fingerprint density at radius 1 is 1.59 bits per heavy atom. The van der Waals surface area contributed by atoms with Crippen molar-refractivity contribution in [3.8, 4) is 5.88 Å². The van der Waals surface area contributed by atoms with E-state index in [4.69, 9.17) is 21.7 Å². The minimum absolute atomic E-state index is 0.241. The smallest absolute Gasteiger partial charge is 0.415 e. The number of anilines is 2. The van der Waals surface area contributed by atoms with Gasteiger partial charge in [-0.2, -0.15) is 16.9 Å². The number of nitrogens with zero attached hydrogens (tertiary/aromatic N) is 3. The van der Waals surface area contributed by atoms with Gasteiger partial charge < -0.3 is 14.8 Å². The highest BCUT2D eigenvalue weighted by Gasteiger charge is 2.38. The van der Waals surface area contributed by atoms with Gasteiger partial charge in [0.1, 0.15) is 16.7 Å². The Hall–Kier alpha value is -1.61. The molecule has 2 rings (SSSR count). The Kier molecular flexibility index (Phi) is 5.41. The van der Waals surface area contributed by atoms with Crippen molar-refractivity contribution in [1.29, 1.82) is 0 Å². The van der Waals surface area contributed by atoms with Crippen LogP contribution in [-0.4, -0.2) is 52.5 Å². The lowest BCUT2D eigenvalue weighted by molar-refractivity contribution is 0.122. The fourth-order valence-corrected chi connectivity index (χ4v) is 3.13. The van der Waals surface area contributed by atoms with E-state index in [9.17, 15) is 4.79 Å². The lowest BCUT2D eigenvalue weighted by Gasteiger charge is -2.37. The molecule has 120 valence electrons. The van der Waals surface area contributed by atoms with Crippen LogP contribution >= 0.6 is 24.0 Å². The number of amides is 1. The summed E-state index contributed by atoms with van der Waals surface area (Å²) in [6.45, 7) is 3.59. The van der Waals surface area contributed by atoms with Crippen molar-refractivity contribution in [3.63, 3.8) is 0 Å². The number of fused-ring (bicyclic) bond motifs is 1. The molecule has 1 aliphatic rings. The number of methoxy groups -OCH3 is 1. The summed E-state index contributed by atoms with van der Waals surface area (Å²) < 4.78 is 10.6. The number of carbonyl (C=O) groups is 1. The van der Waals surface area contributed by atoms with E-state index in [1.54, 1.807) is 25.6 Å². The standard InChI is InChI=1S/C13H18N4O3S2/c1-7(2)20-13(18)17-9(6-22-4)12(21)15-8-5-14-16-11(19-3)10(8)17/h5,7,9H,6H2,1-4H3,(H,15,21). The molecule has 0 saturated heterocycles. The van der Waals surface area contributed by atoms with Gasteiger partial charge in [0.15, 0.2) is 0 Å². The first-order valence-corrected chi connectivity index (χ1v) is 8.49. The molecule has 1 atom stereocenters. The first-order valence-electron chi connectivity index (χ1n) is 6.68. The van der Waals surface area contributed by atoms with Crippen molar-refractivity contribution < 1.29 is 14.3 Å². The zero-order chi connectivity index (χ0) is 16.3. The van der Waals surface area contributed by atoms with E-state index in [1.165, 1.54) is 18.2 Å². The number of hydrogen-bond donors (Lipinski definition) is 1. The van der Waals surface area contributed by atoms with Crippen LogP contribution in [0.3, 0.4) is 0 Å². The topological polar surface area (TPSA) is 76.6 Å². The van der Waals surface area contributed by atoms with Crippen LogP contribution in [0.2, 0.25) is 0 Å². The molecule has 0 fully saturated rings. The van der Waals surface area contributed by atoms with Crippen LogP contribution in [0.1, 0.15) is 13.8 Å². The molecule has 0 aromatic carbocycles. The van der Waals surface area contributed by atoms with Gasteiger partial charge in [-0.3, -0.25) is 4.90 Å². The predicted molar refractivity (Wildman–Crippen MR) is 91.1 cm³/mol. The van der Waals surface area contributed by atoms with Gasteiger partial charge in [-0.1, -0.05) is 12.2 Å². The van der Waals surface area contributed by atoms with Gasteiger partial charge in [0.2, 0.25) is 0 Å². The highest BCUT2D eigenvalue weighted by atomic mass is 32.2. The Balaban J connectivity index is 2.52. The Labute approximate surface area is 138 Å². The summed E-state index contributed by atoms with van der Waals surface area (Å²) in [6.07, 6.45) is 2.74. The van der Waals surface area contributed by atoms with E-state index < -0.39 is 6.09 Å². The average Bonchev–Trinajstić information content (AvgIpc) is 2.46. The largest absolute Gasteiger partial charge is 0.478 e. The van der Waals surface area contributed by atoms with Crippen LogP contribution in [0.5, 0.6) is 5.88 Å². The lowest BCUT2D eigenvalue weighted by atomic mass is 10.1. The molecule has 0 spiro atoms. The molecule has 1 aliphatic heterocycles. The number of aromatic nitrogens is 2. The van der Waals surface area contributed by atoms with Crippen LogP contribution in [0.25, 0.3) is 0 Å². The summed E-state index contributed by atoms with van der Waals surface area (Å²) in [4.78, 5) is 14.6. The summed E-state index contributed by atoms with van der Waals surface area (Å²) in [6, 6.07) is -0.332. The normalized spacial score (nSPS) is 17.0. The number of hydrogen-bond acceptors (Lipinski definition) is 7. The molecule has 7 nitrogen and oxygen atoms in total. The van der Waals surface area contributed by atoms with Gasteiger partial charge in [-0.15, -0.1) is 5.10 Å². The fourth-order valence-electron chi connectivity index (χ4n) is 2.10. The maximum atomic E-state index is 12.6. The zero-order valence-electron chi connectivity index (χ0n) is 12.8. The van der Waals surface area contributed by atoms with Crippen molar-refractivity contribution in [3.05, 3.63) is 6.20 Å². The summed E-state index contributed by atoms with van der Waals surface area (Å²) in [5.74, 6) is 0.878. The number of nitrogens with one attached hydrogen (secondary N) is 1. The number of rotatable bonds is 4. The molecule has 1 aromatic heterocycles. The van der Waals surface area contributed by atoms with Gasteiger partial charge in [-0.25, -0.2) is 4.79 Å². The Bertz CT molecular complexity index is 582. The summed E-state index contributed by atoms with van der Waals surface area (Å²) in [7, 11) is 1.48. The number of thiocarbonyl (C=S) groups is 1. The van der Waals surface area contributed by atoms with Crippen LogP contribution in [-0.2, 0) is 4.74 Å². The second kappa shape index (κ2) is 7.10. The molecule has 1 amide bonds. The van der Waals surface area contributed by atoms with E-state index >= 15 is 0 Å². The molecular weight excluding hydrogens is 324 g/mol. The molecule has 9 heteroatoms. The van der Waals surface area contributed by atoms with E-state index in [-0.39, 0.29) is 18.0 Å². The molecule has 0 saturated carbocycles. The molecule has 1 N–H and O–H groups in total. The van der Waals surface area contributed by atoms with Gasteiger partial charge in [-0.05, 0) is 20.1 Å². The quantitative estimate of drug-likeness (QED) is 0.836. The van der Waals surface area contributed by atoms with Crippen LogP contribution < -0.4 is 15.0 Å². The monoisotopic (exact) mass is 342 g/mol. The first kappa shape index (κ1) is 16.8. The third-order valence-electron chi connectivity index (χ3n) is 2.96. The van der Waals surface area contributed by atoms with E-state index in [0.29, 0.717) is 22.1 Å². The molecule has 1 aromatic rings. The van der Waals surface area contributed by atoms with E-state index in [1.807, 2.05) is 6.26 Å². The maximum Gasteiger partial charge on any atom is 0.415 e. The first-order chi connectivity index (χ1) is 10.5. The van der Waals surface area contributed by atoms with Crippen LogP contribution in [0.4, 0.5) is 16.2 Å². The van der Waals surface area contributed by atoms with Crippen LogP contribution in [0.15, 0.2) is 6.20 Å². The van der Waals surface area contributed by atoms with Gasteiger partial charge in [0.25, 0.3) is 5.88 Å². The van der Waals surface area contributed by atoms with Gasteiger partial charge in [0.05, 0.1) is 25.1 Å². The van der Waals surface area contributed by atoms with Crippen molar-refractivity contribution in [2.45, 2.75) is 26.0 Å². The highest BCUT2D eigenvalue weighted by molar-refractivity contribution is 7.98. The second-order valence-electron chi connectivity index (χ2n) is 4.88. The molecule has 0 radical (unpaired) electrons. The van der Waals surface area contributed by atoms with Crippen molar-refractivity contribution >= 4 is 46.4 Å². The van der Waals surface area contributed by atoms with Crippen molar-refractivity contribution in [2.75, 3.05) is 29.3 Å². The van der Waals surface area contributed by atoms with E-state index in [0.717, 1.165) is 0 Å². The van der Waals surface area contributed by atoms with Gasteiger partial charge >= 0.3 is 6.09 Å². The molecule has 0 aliphatic carbocycles. The number of thioether (sulfide) groups is 1. The van der Waals surface area contributed by atoms with E-state index in [2.05, 4.69) is 15.5 Å².